The summed E-state index contributed by atoms with van der Waals surface area (Å²) in [5.41, 5.74) is 0. The van der Waals surface area contributed by atoms with Crippen LogP contribution >= 0.6 is 0 Å². The van der Waals surface area contributed by atoms with E-state index in [1.165, 1.54) is 51.4 Å². The Bertz CT molecular complexity index is 292. The molecule has 22 heavy (non-hydrogen) atoms. The number of piperidine rings is 1. The molecule has 0 aromatic carbocycles. The molecule has 3 heteroatoms. The number of unbranched alkanes of at least 4 members (excludes halogenated alkanes) is 8. The first-order valence-corrected chi connectivity index (χ1v) is 9.53. The quantitative estimate of drug-likeness (QED) is 0.564. The van der Waals surface area contributed by atoms with Crippen LogP contribution in [0, 0.1) is 0 Å². The summed E-state index contributed by atoms with van der Waals surface area (Å²) >= 11 is 0. The number of hydrogen-bond acceptors (Lipinski definition) is 3. The maximum Gasteiger partial charge on any atom is 0.136 e. The van der Waals surface area contributed by atoms with Crippen molar-refractivity contribution < 1.29 is 9.90 Å². The van der Waals surface area contributed by atoms with Gasteiger partial charge >= 0.3 is 0 Å². The van der Waals surface area contributed by atoms with E-state index >= 15 is 0 Å². The predicted octanol–water partition coefficient (Wildman–Crippen LogP) is 4.67. The smallest absolute Gasteiger partial charge is 0.136 e. The van der Waals surface area contributed by atoms with Crippen molar-refractivity contribution >= 4 is 5.78 Å². The van der Waals surface area contributed by atoms with Crippen molar-refractivity contribution in [3.8, 4) is 0 Å². The van der Waals surface area contributed by atoms with Gasteiger partial charge < -0.3 is 5.11 Å². The van der Waals surface area contributed by atoms with E-state index in [0.29, 0.717) is 18.6 Å². The molecule has 3 atom stereocenters. The summed E-state index contributed by atoms with van der Waals surface area (Å²) in [6.07, 6.45) is 13.4. The van der Waals surface area contributed by atoms with E-state index in [1.807, 2.05) is 0 Å². The van der Waals surface area contributed by atoms with Crippen molar-refractivity contribution in [1.29, 1.82) is 0 Å². The Balaban J connectivity index is 2.08. The van der Waals surface area contributed by atoms with Crippen LogP contribution in [-0.4, -0.2) is 34.1 Å². The number of Topliss-reactive ketones (excluding diaryl/α,β-unsaturated/α-hetero) is 1. The van der Waals surface area contributed by atoms with Gasteiger partial charge in [-0.2, -0.15) is 0 Å². The van der Waals surface area contributed by atoms with Gasteiger partial charge in [-0.3, -0.25) is 9.69 Å². The molecule has 1 aliphatic heterocycles. The third kappa shape index (κ3) is 7.23. The lowest BCUT2D eigenvalue weighted by molar-refractivity contribution is -0.131. The molecule has 3 nitrogen and oxygen atoms in total. The number of carbonyl (C=O) groups is 1. The number of hydrogen-bond donors (Lipinski definition) is 1. The highest BCUT2D eigenvalue weighted by Crippen LogP contribution is 2.24. The van der Waals surface area contributed by atoms with Gasteiger partial charge in [0, 0.05) is 24.9 Å². The van der Waals surface area contributed by atoms with Crippen molar-refractivity contribution in [2.45, 2.75) is 116 Å². The average Bonchev–Trinajstić information content (AvgIpc) is 2.44. The molecule has 0 amide bonds. The molecule has 1 aliphatic rings. The van der Waals surface area contributed by atoms with Crippen LogP contribution in [0.15, 0.2) is 0 Å². The molecule has 1 saturated heterocycles. The molecule has 0 saturated carbocycles. The first-order valence-electron chi connectivity index (χ1n) is 9.53. The molecule has 1 fully saturated rings. The number of aliphatic hydroxyl groups excluding tert-OH is 1. The molecular formula is C19H37NO2. The van der Waals surface area contributed by atoms with Crippen molar-refractivity contribution in [3.05, 3.63) is 0 Å². The molecule has 1 heterocycles. The van der Waals surface area contributed by atoms with E-state index in [9.17, 15) is 9.90 Å². The fraction of sp³-hybridized carbons (Fsp3) is 0.947. The Morgan fingerprint density at radius 1 is 0.955 bits per heavy atom. The maximum absolute atomic E-state index is 11.6. The number of nitrogens with zero attached hydrogens (tertiary/aromatic N) is 1. The van der Waals surface area contributed by atoms with E-state index < -0.39 is 0 Å². The lowest BCUT2D eigenvalue weighted by Gasteiger charge is -2.41. The summed E-state index contributed by atoms with van der Waals surface area (Å²) in [6, 6.07) is 0.370. The highest BCUT2D eigenvalue weighted by Gasteiger charge is 2.33. The Morgan fingerprint density at radius 2 is 1.41 bits per heavy atom. The molecule has 1 N–H and O–H groups in total. The maximum atomic E-state index is 11.6. The van der Waals surface area contributed by atoms with Crippen molar-refractivity contribution in [3.63, 3.8) is 0 Å². The minimum absolute atomic E-state index is 0.185. The van der Waals surface area contributed by atoms with E-state index in [2.05, 4.69) is 25.7 Å². The van der Waals surface area contributed by atoms with Crippen LogP contribution in [0.5, 0.6) is 0 Å². The van der Waals surface area contributed by atoms with Gasteiger partial charge in [0.25, 0.3) is 0 Å². The zero-order chi connectivity index (χ0) is 16.4. The van der Waals surface area contributed by atoms with Crippen LogP contribution in [0.2, 0.25) is 0 Å². The first kappa shape index (κ1) is 19.6. The normalized spacial score (nSPS) is 24.6. The molecule has 1 rings (SSSR count). The lowest BCUT2D eigenvalue weighted by atomic mass is 9.95. The molecule has 3 unspecified atom stereocenters. The second kappa shape index (κ2) is 11.2. The third-order valence-electron chi connectivity index (χ3n) is 4.97. The summed E-state index contributed by atoms with van der Waals surface area (Å²) in [5, 5.41) is 10.4. The largest absolute Gasteiger partial charge is 0.378 e. The summed E-state index contributed by atoms with van der Waals surface area (Å²) in [5.74, 6) is 0.339. The topological polar surface area (TPSA) is 40.5 Å². The zero-order valence-corrected chi connectivity index (χ0v) is 15.0. The molecule has 0 bridgehead atoms. The van der Waals surface area contributed by atoms with Crippen LogP contribution < -0.4 is 0 Å². The van der Waals surface area contributed by atoms with Crippen LogP contribution in [-0.2, 0) is 4.79 Å². The van der Waals surface area contributed by atoms with Crippen LogP contribution in [0.25, 0.3) is 0 Å². The van der Waals surface area contributed by atoms with Gasteiger partial charge in [-0.15, -0.1) is 0 Å². The second-order valence-corrected chi connectivity index (χ2v) is 7.19. The van der Waals surface area contributed by atoms with Gasteiger partial charge in [0.05, 0.1) is 0 Å². The van der Waals surface area contributed by atoms with Crippen LogP contribution in [0.4, 0.5) is 0 Å². The van der Waals surface area contributed by atoms with E-state index in [0.717, 1.165) is 12.8 Å². The van der Waals surface area contributed by atoms with E-state index in [-0.39, 0.29) is 18.3 Å². The van der Waals surface area contributed by atoms with E-state index in [4.69, 9.17) is 0 Å². The minimum atomic E-state index is -0.373. The van der Waals surface area contributed by atoms with Crippen LogP contribution in [0.1, 0.15) is 97.8 Å². The Kier molecular flexibility index (Phi) is 9.98. The fourth-order valence-corrected chi connectivity index (χ4v) is 3.76. The average molecular weight is 312 g/mol. The number of carbonyl (C=O) groups excluding carboxylic acids is 1. The molecular weight excluding hydrogens is 274 g/mol. The molecule has 0 aromatic rings. The first-order chi connectivity index (χ1) is 10.6. The van der Waals surface area contributed by atoms with Gasteiger partial charge in [0.15, 0.2) is 0 Å². The Morgan fingerprint density at radius 3 is 1.91 bits per heavy atom. The molecule has 0 radical (unpaired) electrons. The summed E-state index contributed by atoms with van der Waals surface area (Å²) < 4.78 is 0. The van der Waals surface area contributed by atoms with Gasteiger partial charge in [-0.05, 0) is 26.7 Å². The summed E-state index contributed by atoms with van der Waals surface area (Å²) in [7, 11) is 0. The minimum Gasteiger partial charge on any atom is -0.378 e. The molecule has 130 valence electrons. The predicted molar refractivity (Wildman–Crippen MR) is 92.9 cm³/mol. The van der Waals surface area contributed by atoms with Crippen molar-refractivity contribution in [1.82, 2.24) is 4.90 Å². The highest BCUT2D eigenvalue weighted by molar-refractivity contribution is 5.80. The number of likely N-dealkylation sites (tertiary alicyclic amines) is 1. The molecule has 0 aromatic heterocycles. The molecule has 0 spiro atoms. The summed E-state index contributed by atoms with van der Waals surface area (Å²) in [4.78, 5) is 13.7. The Hall–Kier alpha value is -0.410. The Labute approximate surface area is 137 Å². The third-order valence-corrected chi connectivity index (χ3v) is 4.97. The zero-order valence-electron chi connectivity index (χ0n) is 15.0. The van der Waals surface area contributed by atoms with Crippen molar-refractivity contribution in [2.75, 3.05) is 0 Å². The number of aliphatic hydroxyl groups is 1. The summed E-state index contributed by atoms with van der Waals surface area (Å²) in [6.45, 7) is 6.38. The highest BCUT2D eigenvalue weighted by atomic mass is 16.3. The van der Waals surface area contributed by atoms with Gasteiger partial charge in [0.2, 0.25) is 0 Å². The van der Waals surface area contributed by atoms with Gasteiger partial charge in [0.1, 0.15) is 12.0 Å². The van der Waals surface area contributed by atoms with Crippen molar-refractivity contribution in [2.24, 2.45) is 0 Å². The second-order valence-electron chi connectivity index (χ2n) is 7.19. The number of ketones is 1. The standard InChI is InChI=1S/C19H37NO2/c1-4-5-6-7-8-9-10-11-12-13-19(22)20-16(2)14-18(21)15-17(20)3/h16-17,19,22H,4-15H2,1-3H3. The van der Waals surface area contributed by atoms with Crippen LogP contribution in [0.3, 0.4) is 0 Å². The molecule has 0 aliphatic carbocycles. The van der Waals surface area contributed by atoms with E-state index in [1.54, 1.807) is 0 Å². The monoisotopic (exact) mass is 311 g/mol. The fourth-order valence-electron chi connectivity index (χ4n) is 3.76. The van der Waals surface area contributed by atoms with Gasteiger partial charge in [-0.25, -0.2) is 0 Å². The lowest BCUT2D eigenvalue weighted by Crippen LogP contribution is -2.52. The SMILES string of the molecule is CCCCCCCCCCCC(O)N1C(C)CC(=O)CC1C. The number of rotatable bonds is 11. The van der Waals surface area contributed by atoms with Gasteiger partial charge in [-0.1, -0.05) is 58.3 Å².